The van der Waals surface area contributed by atoms with Crippen molar-refractivity contribution in [3.8, 4) is 5.75 Å². The highest BCUT2D eigenvalue weighted by molar-refractivity contribution is 5.96. The molecule has 1 unspecified atom stereocenters. The average Bonchev–Trinajstić information content (AvgIpc) is 2.47. The van der Waals surface area contributed by atoms with Crippen LogP contribution in [0.3, 0.4) is 0 Å². The van der Waals surface area contributed by atoms with Gasteiger partial charge in [0.2, 0.25) is 0 Å². The molecular weight excluding hydrogens is 256 g/mol. The van der Waals surface area contributed by atoms with Crippen molar-refractivity contribution in [3.05, 3.63) is 42.5 Å². The lowest BCUT2D eigenvalue weighted by atomic mass is 10.1. The van der Waals surface area contributed by atoms with Gasteiger partial charge in [0.15, 0.2) is 6.10 Å². The topological polar surface area (TPSA) is 67.4 Å². The Hall–Kier alpha value is -2.56. The molecule has 0 aromatic heterocycles. The van der Waals surface area contributed by atoms with Crippen LogP contribution in [0.5, 0.6) is 5.75 Å². The highest BCUT2D eigenvalue weighted by Gasteiger charge is 2.17. The zero-order valence-electron chi connectivity index (χ0n) is 11.3. The van der Waals surface area contributed by atoms with Crippen molar-refractivity contribution in [3.63, 3.8) is 0 Å². The minimum atomic E-state index is -0.766. The lowest BCUT2D eigenvalue weighted by molar-refractivity contribution is -0.126. The van der Waals surface area contributed by atoms with Gasteiger partial charge in [0.25, 0.3) is 5.91 Å². The molecule has 20 heavy (non-hydrogen) atoms. The maximum absolute atomic E-state index is 11.8. The second-order valence-electron chi connectivity index (χ2n) is 4.31. The molecule has 2 aromatic rings. The van der Waals surface area contributed by atoms with E-state index in [4.69, 9.17) is 4.74 Å². The highest BCUT2D eigenvalue weighted by Crippen LogP contribution is 2.25. The van der Waals surface area contributed by atoms with Gasteiger partial charge in [-0.3, -0.25) is 10.1 Å². The van der Waals surface area contributed by atoms with E-state index in [1.54, 1.807) is 13.0 Å². The molecule has 3 amide bonds. The van der Waals surface area contributed by atoms with Gasteiger partial charge in [-0.1, -0.05) is 36.4 Å². The van der Waals surface area contributed by atoms with Gasteiger partial charge in [0.1, 0.15) is 5.75 Å². The van der Waals surface area contributed by atoms with Crippen LogP contribution in [0, 0.1) is 0 Å². The summed E-state index contributed by atoms with van der Waals surface area (Å²) in [5, 5.41) is 6.46. The molecule has 0 aliphatic rings. The average molecular weight is 272 g/mol. The zero-order chi connectivity index (χ0) is 14.5. The minimum absolute atomic E-state index is 0.489. The van der Waals surface area contributed by atoms with Crippen LogP contribution >= 0.6 is 0 Å². The summed E-state index contributed by atoms with van der Waals surface area (Å²) in [6.07, 6.45) is -0.766. The molecular formula is C15H16N2O3. The van der Waals surface area contributed by atoms with Gasteiger partial charge in [-0.2, -0.15) is 0 Å². The van der Waals surface area contributed by atoms with Crippen molar-refractivity contribution in [2.75, 3.05) is 7.05 Å². The Morgan fingerprint density at radius 3 is 2.55 bits per heavy atom. The number of carbonyl (C=O) groups is 2. The fourth-order valence-corrected chi connectivity index (χ4v) is 1.82. The van der Waals surface area contributed by atoms with E-state index in [0.717, 1.165) is 10.8 Å². The molecule has 5 nitrogen and oxygen atoms in total. The SMILES string of the molecule is CNC(=O)NC(=O)C(C)Oc1cccc2ccccc12. The van der Waals surface area contributed by atoms with Crippen LogP contribution < -0.4 is 15.4 Å². The summed E-state index contributed by atoms with van der Waals surface area (Å²) in [6, 6.07) is 12.8. The fourth-order valence-electron chi connectivity index (χ4n) is 1.82. The molecule has 0 bridgehead atoms. The molecule has 0 aliphatic heterocycles. The molecule has 2 aromatic carbocycles. The van der Waals surface area contributed by atoms with Gasteiger partial charge in [0, 0.05) is 12.4 Å². The molecule has 0 spiro atoms. The number of ether oxygens (including phenoxy) is 1. The summed E-state index contributed by atoms with van der Waals surface area (Å²) in [6.45, 7) is 1.60. The van der Waals surface area contributed by atoms with Crippen LogP contribution in [0.15, 0.2) is 42.5 Å². The first kappa shape index (κ1) is 13.9. The van der Waals surface area contributed by atoms with Crippen molar-refractivity contribution in [2.24, 2.45) is 0 Å². The number of benzene rings is 2. The summed E-state index contributed by atoms with van der Waals surface area (Å²) in [4.78, 5) is 22.8. The second kappa shape index (κ2) is 6.06. The summed E-state index contributed by atoms with van der Waals surface area (Å²) in [5.74, 6) is 0.125. The summed E-state index contributed by atoms with van der Waals surface area (Å²) < 4.78 is 5.64. The van der Waals surface area contributed by atoms with Crippen molar-refractivity contribution < 1.29 is 14.3 Å². The Morgan fingerprint density at radius 2 is 1.80 bits per heavy atom. The Morgan fingerprint density at radius 1 is 1.10 bits per heavy atom. The molecule has 0 radical (unpaired) electrons. The minimum Gasteiger partial charge on any atom is -0.480 e. The molecule has 2 N–H and O–H groups in total. The van der Waals surface area contributed by atoms with Crippen LogP contribution in [0.1, 0.15) is 6.92 Å². The molecule has 0 aliphatic carbocycles. The van der Waals surface area contributed by atoms with Crippen LogP contribution in [0.25, 0.3) is 10.8 Å². The maximum Gasteiger partial charge on any atom is 0.321 e. The Bertz CT molecular complexity index is 635. The third-order valence-corrected chi connectivity index (χ3v) is 2.89. The molecule has 5 heteroatoms. The molecule has 104 valence electrons. The predicted molar refractivity (Wildman–Crippen MR) is 76.6 cm³/mol. The molecule has 0 heterocycles. The van der Waals surface area contributed by atoms with E-state index in [9.17, 15) is 9.59 Å². The smallest absolute Gasteiger partial charge is 0.321 e. The van der Waals surface area contributed by atoms with E-state index >= 15 is 0 Å². The number of hydrogen-bond acceptors (Lipinski definition) is 3. The number of hydrogen-bond donors (Lipinski definition) is 2. The van der Waals surface area contributed by atoms with Gasteiger partial charge in [-0.05, 0) is 18.4 Å². The van der Waals surface area contributed by atoms with Crippen molar-refractivity contribution in [1.29, 1.82) is 0 Å². The second-order valence-corrected chi connectivity index (χ2v) is 4.31. The standard InChI is InChI=1S/C15H16N2O3/c1-10(14(18)17-15(19)16-2)20-13-9-5-7-11-6-3-4-8-12(11)13/h3-10H,1-2H3,(H2,16,17,18,19). The number of urea groups is 1. The number of carbonyl (C=O) groups excluding carboxylic acids is 2. The van der Waals surface area contributed by atoms with E-state index in [-0.39, 0.29) is 0 Å². The summed E-state index contributed by atoms with van der Waals surface area (Å²) >= 11 is 0. The van der Waals surface area contributed by atoms with Crippen LogP contribution in [0.2, 0.25) is 0 Å². The van der Waals surface area contributed by atoms with Crippen LogP contribution in [-0.4, -0.2) is 25.1 Å². The third-order valence-electron chi connectivity index (χ3n) is 2.89. The lowest BCUT2D eigenvalue weighted by Gasteiger charge is -2.15. The number of fused-ring (bicyclic) bond motifs is 1. The third kappa shape index (κ3) is 3.06. The fraction of sp³-hybridized carbons (Fsp3) is 0.200. The maximum atomic E-state index is 11.8. The zero-order valence-corrected chi connectivity index (χ0v) is 11.3. The van der Waals surface area contributed by atoms with Crippen molar-refractivity contribution in [1.82, 2.24) is 10.6 Å². The molecule has 1 atom stereocenters. The summed E-state index contributed by atoms with van der Waals surface area (Å²) in [7, 11) is 1.44. The molecule has 0 saturated carbocycles. The Balaban J connectivity index is 2.15. The van der Waals surface area contributed by atoms with Crippen molar-refractivity contribution >= 4 is 22.7 Å². The normalized spacial score (nSPS) is 11.7. The molecule has 2 rings (SSSR count). The van der Waals surface area contributed by atoms with Gasteiger partial charge < -0.3 is 10.1 Å². The van der Waals surface area contributed by atoms with Crippen molar-refractivity contribution in [2.45, 2.75) is 13.0 Å². The van der Waals surface area contributed by atoms with Crippen LogP contribution in [0.4, 0.5) is 4.79 Å². The largest absolute Gasteiger partial charge is 0.480 e. The van der Waals surface area contributed by atoms with Gasteiger partial charge in [-0.15, -0.1) is 0 Å². The van der Waals surface area contributed by atoms with E-state index in [1.807, 2.05) is 36.4 Å². The first-order valence-electron chi connectivity index (χ1n) is 6.29. The Kier molecular flexibility index (Phi) is 4.20. The predicted octanol–water partition coefficient (Wildman–Crippen LogP) is 2.06. The van der Waals surface area contributed by atoms with E-state index < -0.39 is 18.0 Å². The van der Waals surface area contributed by atoms with E-state index in [0.29, 0.717) is 5.75 Å². The van der Waals surface area contributed by atoms with E-state index in [2.05, 4.69) is 10.6 Å². The molecule has 0 fully saturated rings. The highest BCUT2D eigenvalue weighted by atomic mass is 16.5. The quantitative estimate of drug-likeness (QED) is 0.898. The lowest BCUT2D eigenvalue weighted by Crippen LogP contribution is -2.43. The number of imide groups is 1. The molecule has 0 saturated heterocycles. The number of nitrogens with one attached hydrogen (secondary N) is 2. The number of rotatable bonds is 3. The van der Waals surface area contributed by atoms with Crippen LogP contribution in [-0.2, 0) is 4.79 Å². The van der Waals surface area contributed by atoms with Gasteiger partial charge in [0.05, 0.1) is 0 Å². The summed E-state index contributed by atoms with van der Waals surface area (Å²) in [5.41, 5.74) is 0. The first-order chi connectivity index (χ1) is 9.61. The Labute approximate surface area is 116 Å². The number of amides is 3. The van der Waals surface area contributed by atoms with Gasteiger partial charge in [-0.25, -0.2) is 4.79 Å². The van der Waals surface area contributed by atoms with E-state index in [1.165, 1.54) is 7.05 Å². The monoisotopic (exact) mass is 272 g/mol. The first-order valence-corrected chi connectivity index (χ1v) is 6.29. The van der Waals surface area contributed by atoms with Gasteiger partial charge >= 0.3 is 6.03 Å².